The summed E-state index contributed by atoms with van der Waals surface area (Å²) in [5.41, 5.74) is 2.25. The van der Waals surface area contributed by atoms with Crippen LogP contribution >= 0.6 is 0 Å². The van der Waals surface area contributed by atoms with Crippen molar-refractivity contribution in [3.05, 3.63) is 23.3 Å². The summed E-state index contributed by atoms with van der Waals surface area (Å²) in [6, 6.07) is 3.96. The smallest absolute Gasteiger partial charge is 0.231 e. The molecule has 1 aromatic rings. The van der Waals surface area contributed by atoms with E-state index in [1.165, 1.54) is 0 Å². The van der Waals surface area contributed by atoms with E-state index in [4.69, 9.17) is 18.9 Å². The van der Waals surface area contributed by atoms with Crippen LogP contribution in [-0.4, -0.2) is 20.0 Å². The zero-order chi connectivity index (χ0) is 10.1. The highest BCUT2D eigenvalue weighted by atomic mass is 16.7. The molecule has 1 aromatic carbocycles. The summed E-state index contributed by atoms with van der Waals surface area (Å²) in [6.07, 6.45) is 0. The van der Waals surface area contributed by atoms with Crippen LogP contribution in [0.5, 0.6) is 11.5 Å². The number of hydrogen-bond donors (Lipinski definition) is 0. The van der Waals surface area contributed by atoms with E-state index in [1.54, 1.807) is 0 Å². The topological polar surface area (TPSA) is 36.9 Å². The average molecular weight is 208 g/mol. The summed E-state index contributed by atoms with van der Waals surface area (Å²) in [4.78, 5) is 0. The van der Waals surface area contributed by atoms with Gasteiger partial charge >= 0.3 is 0 Å². The molecule has 0 aliphatic carbocycles. The molecule has 0 spiro atoms. The van der Waals surface area contributed by atoms with E-state index in [0.29, 0.717) is 33.2 Å². The predicted molar refractivity (Wildman–Crippen MR) is 51.9 cm³/mol. The van der Waals surface area contributed by atoms with Crippen LogP contribution in [0.2, 0.25) is 0 Å². The van der Waals surface area contributed by atoms with E-state index in [-0.39, 0.29) is 0 Å². The molecule has 4 nitrogen and oxygen atoms in total. The summed E-state index contributed by atoms with van der Waals surface area (Å²) < 4.78 is 21.5. The van der Waals surface area contributed by atoms with Crippen LogP contribution < -0.4 is 9.47 Å². The van der Waals surface area contributed by atoms with Gasteiger partial charge in [0.15, 0.2) is 11.5 Å². The van der Waals surface area contributed by atoms with E-state index in [9.17, 15) is 0 Å². The van der Waals surface area contributed by atoms with Crippen molar-refractivity contribution in [2.24, 2.45) is 0 Å². The second-order valence-corrected chi connectivity index (χ2v) is 3.58. The Morgan fingerprint density at radius 3 is 1.87 bits per heavy atom. The van der Waals surface area contributed by atoms with E-state index < -0.39 is 0 Å². The summed E-state index contributed by atoms with van der Waals surface area (Å²) in [5.74, 6) is 1.61. The summed E-state index contributed by atoms with van der Waals surface area (Å²) in [6.45, 7) is 2.84. The monoisotopic (exact) mass is 208 g/mol. The molecule has 3 rings (SSSR count). The van der Waals surface area contributed by atoms with Crippen LogP contribution in [0.3, 0.4) is 0 Å². The van der Waals surface area contributed by atoms with Crippen LogP contribution in [0, 0.1) is 0 Å². The highest BCUT2D eigenvalue weighted by molar-refractivity contribution is 5.48. The van der Waals surface area contributed by atoms with Crippen molar-refractivity contribution in [1.29, 1.82) is 0 Å². The third-order valence-electron chi connectivity index (χ3n) is 2.58. The normalized spacial score (nSPS) is 19.2. The lowest BCUT2D eigenvalue weighted by molar-refractivity contribution is 0.0223. The lowest BCUT2D eigenvalue weighted by Crippen LogP contribution is -2.10. The first-order chi connectivity index (χ1) is 7.43. The van der Waals surface area contributed by atoms with Crippen LogP contribution in [0.1, 0.15) is 11.1 Å². The Kier molecular flexibility index (Phi) is 2.23. The Morgan fingerprint density at radius 2 is 1.33 bits per heavy atom. The van der Waals surface area contributed by atoms with Crippen molar-refractivity contribution in [2.75, 3.05) is 20.0 Å². The molecule has 15 heavy (non-hydrogen) atoms. The van der Waals surface area contributed by atoms with Gasteiger partial charge in [0.2, 0.25) is 6.79 Å². The fraction of sp³-hybridized carbons (Fsp3) is 0.455. The Labute approximate surface area is 87.7 Å². The largest absolute Gasteiger partial charge is 0.454 e. The van der Waals surface area contributed by atoms with Crippen LogP contribution in [0.4, 0.5) is 0 Å². The van der Waals surface area contributed by atoms with Crippen LogP contribution in [0.15, 0.2) is 12.1 Å². The minimum Gasteiger partial charge on any atom is -0.454 e. The van der Waals surface area contributed by atoms with Gasteiger partial charge in [-0.05, 0) is 23.3 Å². The minimum absolute atomic E-state index is 0.305. The maximum atomic E-state index is 5.44. The van der Waals surface area contributed by atoms with Gasteiger partial charge in [-0.3, -0.25) is 0 Å². The molecule has 0 aromatic heterocycles. The van der Waals surface area contributed by atoms with Crippen molar-refractivity contribution in [3.63, 3.8) is 0 Å². The average Bonchev–Trinajstić information content (AvgIpc) is 2.64. The third kappa shape index (κ3) is 1.66. The quantitative estimate of drug-likeness (QED) is 0.646. The van der Waals surface area contributed by atoms with Gasteiger partial charge in [-0.1, -0.05) is 0 Å². The van der Waals surface area contributed by atoms with E-state index >= 15 is 0 Å². The van der Waals surface area contributed by atoms with Crippen molar-refractivity contribution in [1.82, 2.24) is 0 Å². The fourth-order valence-electron chi connectivity index (χ4n) is 1.78. The molecule has 0 radical (unpaired) electrons. The summed E-state index contributed by atoms with van der Waals surface area (Å²) in [7, 11) is 0. The van der Waals surface area contributed by atoms with Gasteiger partial charge in [0.1, 0.15) is 0 Å². The molecule has 2 heterocycles. The van der Waals surface area contributed by atoms with Gasteiger partial charge < -0.3 is 18.9 Å². The molecule has 0 saturated carbocycles. The van der Waals surface area contributed by atoms with Crippen LogP contribution in [-0.2, 0) is 22.7 Å². The molecule has 0 unspecified atom stereocenters. The Hall–Kier alpha value is -1.26. The summed E-state index contributed by atoms with van der Waals surface area (Å²) >= 11 is 0. The van der Waals surface area contributed by atoms with E-state index in [1.807, 2.05) is 12.1 Å². The minimum atomic E-state index is 0.305. The van der Waals surface area contributed by atoms with Gasteiger partial charge in [-0.25, -0.2) is 0 Å². The van der Waals surface area contributed by atoms with Gasteiger partial charge in [0.05, 0.1) is 26.4 Å². The standard InChI is InChI=1S/C11H12O4/c1-2-13-6-9-4-11-10(14-7-15-11)3-8(9)5-12-1/h3-4H,1-2,5-7H2. The molecule has 0 saturated heterocycles. The third-order valence-corrected chi connectivity index (χ3v) is 2.58. The second kappa shape index (κ2) is 3.72. The van der Waals surface area contributed by atoms with Gasteiger partial charge in [0, 0.05) is 0 Å². The first-order valence-corrected chi connectivity index (χ1v) is 5.00. The lowest BCUT2D eigenvalue weighted by atomic mass is 10.1. The summed E-state index contributed by atoms with van der Waals surface area (Å²) in [5, 5.41) is 0. The molecule has 4 heteroatoms. The van der Waals surface area contributed by atoms with Gasteiger partial charge in [0.25, 0.3) is 0 Å². The second-order valence-electron chi connectivity index (χ2n) is 3.58. The number of ether oxygens (including phenoxy) is 4. The maximum absolute atomic E-state index is 5.44. The number of benzene rings is 1. The molecule has 0 bridgehead atoms. The highest BCUT2D eigenvalue weighted by Gasteiger charge is 2.18. The zero-order valence-corrected chi connectivity index (χ0v) is 8.32. The van der Waals surface area contributed by atoms with E-state index in [2.05, 4.69) is 0 Å². The molecular formula is C11H12O4. The Balaban J connectivity index is 1.99. The van der Waals surface area contributed by atoms with Crippen molar-refractivity contribution >= 4 is 0 Å². The number of rotatable bonds is 0. The zero-order valence-electron chi connectivity index (χ0n) is 8.32. The molecule has 0 amide bonds. The first-order valence-electron chi connectivity index (χ1n) is 5.00. The molecule has 80 valence electrons. The highest BCUT2D eigenvalue weighted by Crippen LogP contribution is 2.35. The predicted octanol–water partition coefficient (Wildman–Crippen LogP) is 1.46. The molecule has 0 fully saturated rings. The van der Waals surface area contributed by atoms with E-state index in [0.717, 1.165) is 22.6 Å². The van der Waals surface area contributed by atoms with Gasteiger partial charge in [-0.15, -0.1) is 0 Å². The van der Waals surface area contributed by atoms with Gasteiger partial charge in [-0.2, -0.15) is 0 Å². The molecule has 2 aliphatic heterocycles. The Bertz CT molecular complexity index is 340. The first kappa shape index (κ1) is 9.00. The maximum Gasteiger partial charge on any atom is 0.231 e. The Morgan fingerprint density at radius 1 is 0.800 bits per heavy atom. The fourth-order valence-corrected chi connectivity index (χ4v) is 1.78. The van der Waals surface area contributed by atoms with Crippen molar-refractivity contribution in [2.45, 2.75) is 13.2 Å². The molecule has 2 aliphatic rings. The number of fused-ring (bicyclic) bond motifs is 2. The number of hydrogen-bond acceptors (Lipinski definition) is 4. The molecule has 0 atom stereocenters. The SMILES string of the molecule is c1c2c(cc3c1OCO3)COCCOC2. The van der Waals surface area contributed by atoms with Crippen LogP contribution in [0.25, 0.3) is 0 Å². The molecule has 0 N–H and O–H groups in total. The van der Waals surface area contributed by atoms with Crippen molar-refractivity contribution in [3.8, 4) is 11.5 Å². The lowest BCUT2D eigenvalue weighted by Gasteiger charge is -2.15. The van der Waals surface area contributed by atoms with Crippen molar-refractivity contribution < 1.29 is 18.9 Å². The molecular weight excluding hydrogens is 196 g/mol.